The maximum atomic E-state index is 11.9. The van der Waals surface area contributed by atoms with Gasteiger partial charge in [0.15, 0.2) is 0 Å². The van der Waals surface area contributed by atoms with Gasteiger partial charge in [0, 0.05) is 12.8 Å². The van der Waals surface area contributed by atoms with Crippen LogP contribution in [0.4, 0.5) is 0 Å². The van der Waals surface area contributed by atoms with E-state index in [0.29, 0.717) is 19.4 Å². The van der Waals surface area contributed by atoms with Crippen LogP contribution in [-0.4, -0.2) is 23.7 Å². The van der Waals surface area contributed by atoms with Crippen LogP contribution in [0.2, 0.25) is 0 Å². The number of hydrogen-bond acceptors (Lipinski definition) is 3. The van der Waals surface area contributed by atoms with Gasteiger partial charge in [0.25, 0.3) is 0 Å². The van der Waals surface area contributed by atoms with Crippen LogP contribution in [-0.2, 0) is 14.3 Å². The molecule has 0 aliphatic carbocycles. The SMILES string of the molecule is CCCCCCCCCCCCCCCC(=O)OCCCCCCCCCCCCCCCC(=O)O. The number of ether oxygens (including phenoxy) is 1. The van der Waals surface area contributed by atoms with Gasteiger partial charge >= 0.3 is 11.9 Å². The van der Waals surface area contributed by atoms with Crippen molar-refractivity contribution < 1.29 is 19.4 Å². The van der Waals surface area contributed by atoms with Crippen molar-refractivity contribution in [3.05, 3.63) is 0 Å². The predicted octanol–water partition coefficient (Wildman–Crippen LogP) is 10.6. The van der Waals surface area contributed by atoms with E-state index in [0.717, 1.165) is 25.7 Å². The molecule has 0 heterocycles. The van der Waals surface area contributed by atoms with Crippen LogP contribution in [0.1, 0.15) is 187 Å². The standard InChI is InChI=1S/C32H62O4/c1-2-3-4-5-6-7-8-10-14-17-20-23-26-29-32(35)36-30-27-24-21-18-15-12-9-11-13-16-19-22-25-28-31(33)34/h2-30H2,1H3,(H,33,34). The minimum absolute atomic E-state index is 0.0000384. The summed E-state index contributed by atoms with van der Waals surface area (Å²) in [4.78, 5) is 22.3. The van der Waals surface area contributed by atoms with Crippen LogP contribution in [0.15, 0.2) is 0 Å². The van der Waals surface area contributed by atoms with E-state index in [4.69, 9.17) is 9.84 Å². The molecule has 4 heteroatoms. The molecule has 4 nitrogen and oxygen atoms in total. The van der Waals surface area contributed by atoms with Gasteiger partial charge in [-0.3, -0.25) is 9.59 Å². The molecule has 0 radical (unpaired) electrons. The normalized spacial score (nSPS) is 11.1. The fourth-order valence-corrected chi connectivity index (χ4v) is 4.87. The molecule has 1 N–H and O–H groups in total. The number of carboxylic acids is 1. The van der Waals surface area contributed by atoms with Gasteiger partial charge in [-0.25, -0.2) is 0 Å². The quantitative estimate of drug-likeness (QED) is 0.0770. The number of esters is 1. The summed E-state index contributed by atoms with van der Waals surface area (Å²) in [7, 11) is 0. The first kappa shape index (κ1) is 34.9. The van der Waals surface area contributed by atoms with E-state index >= 15 is 0 Å². The van der Waals surface area contributed by atoms with Gasteiger partial charge in [-0.2, -0.15) is 0 Å². The minimum Gasteiger partial charge on any atom is -0.481 e. The van der Waals surface area contributed by atoms with Crippen LogP contribution >= 0.6 is 0 Å². The molecule has 0 amide bonds. The third-order valence-electron chi connectivity index (χ3n) is 7.28. The first-order valence-electron chi connectivity index (χ1n) is 16.0. The molecule has 0 unspecified atom stereocenters. The maximum Gasteiger partial charge on any atom is 0.305 e. The first-order valence-corrected chi connectivity index (χ1v) is 16.0. The van der Waals surface area contributed by atoms with Crippen molar-refractivity contribution in [1.82, 2.24) is 0 Å². The molecule has 0 saturated heterocycles. The molecule has 0 aliphatic heterocycles. The van der Waals surface area contributed by atoms with Crippen LogP contribution in [0.25, 0.3) is 0 Å². The Morgan fingerprint density at radius 2 is 0.750 bits per heavy atom. The van der Waals surface area contributed by atoms with Gasteiger partial charge in [0.2, 0.25) is 0 Å². The molecule has 0 aromatic carbocycles. The number of carboxylic acid groups (broad SMARTS) is 1. The van der Waals surface area contributed by atoms with Crippen molar-refractivity contribution >= 4 is 11.9 Å². The van der Waals surface area contributed by atoms with Gasteiger partial charge < -0.3 is 9.84 Å². The van der Waals surface area contributed by atoms with Crippen molar-refractivity contribution in [2.75, 3.05) is 6.61 Å². The molecule has 0 spiro atoms. The minimum atomic E-state index is -0.670. The lowest BCUT2D eigenvalue weighted by atomic mass is 10.0. The van der Waals surface area contributed by atoms with Gasteiger partial charge in [-0.05, 0) is 19.3 Å². The highest BCUT2D eigenvalue weighted by Crippen LogP contribution is 2.14. The molecule has 0 fully saturated rings. The number of aliphatic carboxylic acids is 1. The van der Waals surface area contributed by atoms with Crippen LogP contribution in [0.5, 0.6) is 0 Å². The van der Waals surface area contributed by atoms with Gasteiger partial charge in [-0.1, -0.05) is 155 Å². The molecule has 0 aromatic rings. The third kappa shape index (κ3) is 31.0. The lowest BCUT2D eigenvalue weighted by Gasteiger charge is -2.06. The fraction of sp³-hybridized carbons (Fsp3) is 0.938. The number of unbranched alkanes of at least 4 members (excludes halogenated alkanes) is 24. The topological polar surface area (TPSA) is 63.6 Å². The highest BCUT2D eigenvalue weighted by atomic mass is 16.5. The summed E-state index contributed by atoms with van der Waals surface area (Å²) in [5, 5.41) is 8.61. The molecule has 0 bridgehead atoms. The summed E-state index contributed by atoms with van der Waals surface area (Å²) >= 11 is 0. The van der Waals surface area contributed by atoms with Gasteiger partial charge in [0.1, 0.15) is 0 Å². The molecular formula is C32H62O4. The summed E-state index contributed by atoms with van der Waals surface area (Å²) in [6.07, 6.45) is 33.8. The van der Waals surface area contributed by atoms with Crippen LogP contribution < -0.4 is 0 Å². The van der Waals surface area contributed by atoms with E-state index in [1.165, 1.54) is 141 Å². The van der Waals surface area contributed by atoms with Crippen molar-refractivity contribution in [2.24, 2.45) is 0 Å². The van der Waals surface area contributed by atoms with E-state index in [-0.39, 0.29) is 5.97 Å². The zero-order valence-electron chi connectivity index (χ0n) is 24.2. The highest BCUT2D eigenvalue weighted by molar-refractivity contribution is 5.69. The summed E-state index contributed by atoms with van der Waals surface area (Å²) in [6, 6.07) is 0. The second kappa shape index (κ2) is 30.2. The Morgan fingerprint density at radius 3 is 1.11 bits per heavy atom. The zero-order chi connectivity index (χ0) is 26.4. The summed E-state index contributed by atoms with van der Waals surface area (Å²) in [6.45, 7) is 2.88. The Kier molecular flexibility index (Phi) is 29.3. The lowest BCUT2D eigenvalue weighted by molar-refractivity contribution is -0.144. The number of carbonyl (C=O) groups excluding carboxylic acids is 1. The second-order valence-electron chi connectivity index (χ2n) is 11.0. The largest absolute Gasteiger partial charge is 0.481 e. The molecule has 0 atom stereocenters. The summed E-state index contributed by atoms with van der Waals surface area (Å²) < 4.78 is 5.40. The number of hydrogen-bond donors (Lipinski definition) is 1. The Morgan fingerprint density at radius 1 is 0.444 bits per heavy atom. The number of carbonyl (C=O) groups is 2. The predicted molar refractivity (Wildman–Crippen MR) is 154 cm³/mol. The molecule has 0 rings (SSSR count). The Labute approximate surface area is 224 Å². The van der Waals surface area contributed by atoms with E-state index in [9.17, 15) is 9.59 Å². The summed E-state index contributed by atoms with van der Waals surface area (Å²) in [5.41, 5.74) is 0. The molecule has 0 aliphatic rings. The molecular weight excluding hydrogens is 448 g/mol. The van der Waals surface area contributed by atoms with E-state index < -0.39 is 5.97 Å². The van der Waals surface area contributed by atoms with Crippen LogP contribution in [0, 0.1) is 0 Å². The Balaban J connectivity index is 3.15. The molecule has 0 saturated carbocycles. The third-order valence-corrected chi connectivity index (χ3v) is 7.28. The number of rotatable bonds is 30. The molecule has 36 heavy (non-hydrogen) atoms. The Hall–Kier alpha value is -1.06. The van der Waals surface area contributed by atoms with Crippen molar-refractivity contribution in [1.29, 1.82) is 0 Å². The highest BCUT2D eigenvalue weighted by Gasteiger charge is 2.03. The lowest BCUT2D eigenvalue weighted by Crippen LogP contribution is -2.05. The van der Waals surface area contributed by atoms with Gasteiger partial charge in [0.05, 0.1) is 6.61 Å². The smallest absolute Gasteiger partial charge is 0.305 e. The molecule has 214 valence electrons. The Bertz CT molecular complexity index is 463. The van der Waals surface area contributed by atoms with Crippen molar-refractivity contribution in [3.8, 4) is 0 Å². The average molecular weight is 511 g/mol. The van der Waals surface area contributed by atoms with E-state index in [1.807, 2.05) is 0 Å². The monoisotopic (exact) mass is 510 g/mol. The molecule has 0 aromatic heterocycles. The maximum absolute atomic E-state index is 11.9. The summed E-state index contributed by atoms with van der Waals surface area (Å²) in [5.74, 6) is -0.670. The first-order chi connectivity index (χ1) is 17.7. The van der Waals surface area contributed by atoms with Crippen molar-refractivity contribution in [2.45, 2.75) is 187 Å². The average Bonchev–Trinajstić information content (AvgIpc) is 2.86. The van der Waals surface area contributed by atoms with E-state index in [1.54, 1.807) is 0 Å². The van der Waals surface area contributed by atoms with E-state index in [2.05, 4.69) is 6.92 Å². The van der Waals surface area contributed by atoms with Crippen molar-refractivity contribution in [3.63, 3.8) is 0 Å². The van der Waals surface area contributed by atoms with Gasteiger partial charge in [-0.15, -0.1) is 0 Å². The zero-order valence-corrected chi connectivity index (χ0v) is 24.2. The second-order valence-corrected chi connectivity index (χ2v) is 11.0. The fourth-order valence-electron chi connectivity index (χ4n) is 4.87. The van der Waals surface area contributed by atoms with Crippen LogP contribution in [0.3, 0.4) is 0 Å².